The van der Waals surface area contributed by atoms with Crippen molar-refractivity contribution in [2.75, 3.05) is 32.8 Å². The molecule has 0 unspecified atom stereocenters. The van der Waals surface area contributed by atoms with Gasteiger partial charge >= 0.3 is 0 Å². The van der Waals surface area contributed by atoms with E-state index in [1.807, 2.05) is 31.2 Å². The molecule has 3 heterocycles. The number of carbonyl (C=O) groups excluding carboxylic acids is 1. The predicted molar refractivity (Wildman–Crippen MR) is 119 cm³/mol. The first kappa shape index (κ1) is 20.5. The van der Waals surface area contributed by atoms with Crippen LogP contribution in [0.1, 0.15) is 26.3 Å². The van der Waals surface area contributed by atoms with Crippen LogP contribution in [0.2, 0.25) is 5.02 Å². The lowest BCUT2D eigenvalue weighted by Crippen LogP contribution is -2.43. The molecule has 0 spiro atoms. The summed E-state index contributed by atoms with van der Waals surface area (Å²) >= 11 is 9.22. The highest BCUT2D eigenvalue weighted by Gasteiger charge is 2.25. The summed E-state index contributed by atoms with van der Waals surface area (Å²) in [6.45, 7) is 5.63. The standard InChI is InChI=1S/C21H22ClN3O2S2/c1-14-19(29-21(24-14)15-4-2-5-16(22)12-15)20(26)23-13-17(18-6-3-11-28-18)25-7-9-27-10-8-25/h2-6,11-12,17H,7-10,13H2,1H3,(H,23,26)/t17-/m0/s1. The fraction of sp³-hybridized carbons (Fsp3) is 0.333. The Morgan fingerprint density at radius 3 is 2.86 bits per heavy atom. The van der Waals surface area contributed by atoms with E-state index in [0.717, 1.165) is 42.6 Å². The number of amides is 1. The molecule has 1 atom stereocenters. The highest BCUT2D eigenvalue weighted by molar-refractivity contribution is 7.17. The van der Waals surface area contributed by atoms with Gasteiger partial charge in [0.05, 0.1) is 24.9 Å². The van der Waals surface area contributed by atoms with Crippen molar-refractivity contribution in [1.82, 2.24) is 15.2 Å². The SMILES string of the molecule is Cc1nc(-c2cccc(Cl)c2)sc1C(=O)NC[C@@H](c1cccs1)N1CCOCC1. The molecule has 0 saturated carbocycles. The molecule has 29 heavy (non-hydrogen) atoms. The molecule has 1 amide bonds. The van der Waals surface area contributed by atoms with Crippen molar-refractivity contribution >= 4 is 40.2 Å². The van der Waals surface area contributed by atoms with Gasteiger partial charge in [0.25, 0.3) is 5.91 Å². The number of nitrogens with zero attached hydrogens (tertiary/aromatic N) is 2. The summed E-state index contributed by atoms with van der Waals surface area (Å²) in [6.07, 6.45) is 0. The van der Waals surface area contributed by atoms with E-state index < -0.39 is 0 Å². The van der Waals surface area contributed by atoms with Gasteiger partial charge in [0.2, 0.25) is 0 Å². The summed E-state index contributed by atoms with van der Waals surface area (Å²) in [5, 5.41) is 6.67. The molecule has 152 valence electrons. The maximum atomic E-state index is 12.9. The van der Waals surface area contributed by atoms with Crippen LogP contribution >= 0.6 is 34.3 Å². The number of halogens is 1. The molecular formula is C21H22ClN3O2S2. The lowest BCUT2D eigenvalue weighted by Gasteiger charge is -2.34. The van der Waals surface area contributed by atoms with E-state index in [-0.39, 0.29) is 11.9 Å². The van der Waals surface area contributed by atoms with Crippen molar-refractivity contribution < 1.29 is 9.53 Å². The first-order valence-corrected chi connectivity index (χ1v) is 11.6. The van der Waals surface area contributed by atoms with Gasteiger partial charge in [-0.25, -0.2) is 4.98 Å². The smallest absolute Gasteiger partial charge is 0.263 e. The van der Waals surface area contributed by atoms with Gasteiger partial charge in [-0.3, -0.25) is 9.69 Å². The Morgan fingerprint density at radius 2 is 2.14 bits per heavy atom. The second-order valence-electron chi connectivity index (χ2n) is 6.83. The molecule has 1 fully saturated rings. The molecule has 8 heteroatoms. The highest BCUT2D eigenvalue weighted by Crippen LogP contribution is 2.30. The second kappa shape index (κ2) is 9.36. The molecule has 1 aromatic carbocycles. The van der Waals surface area contributed by atoms with E-state index in [1.54, 1.807) is 11.3 Å². The normalized spacial score (nSPS) is 15.9. The second-order valence-corrected chi connectivity index (χ2v) is 9.25. The van der Waals surface area contributed by atoms with Crippen LogP contribution in [0.5, 0.6) is 0 Å². The Morgan fingerprint density at radius 1 is 1.31 bits per heavy atom. The van der Waals surface area contributed by atoms with Crippen molar-refractivity contribution in [2.45, 2.75) is 13.0 Å². The Balaban J connectivity index is 1.48. The van der Waals surface area contributed by atoms with Crippen LogP contribution in [-0.4, -0.2) is 48.6 Å². The number of nitrogens with one attached hydrogen (secondary N) is 1. The number of benzene rings is 1. The summed E-state index contributed by atoms with van der Waals surface area (Å²) < 4.78 is 5.49. The quantitative estimate of drug-likeness (QED) is 0.598. The predicted octanol–water partition coefficient (Wildman–Crippen LogP) is 4.64. The number of aromatic nitrogens is 1. The van der Waals surface area contributed by atoms with Crippen molar-refractivity contribution in [2.24, 2.45) is 0 Å². The fourth-order valence-electron chi connectivity index (χ4n) is 3.40. The minimum atomic E-state index is -0.0805. The lowest BCUT2D eigenvalue weighted by molar-refractivity contribution is 0.0169. The minimum Gasteiger partial charge on any atom is -0.379 e. The number of thiazole rings is 1. The zero-order valence-corrected chi connectivity index (χ0v) is 18.4. The van der Waals surface area contributed by atoms with Crippen LogP contribution < -0.4 is 5.32 Å². The van der Waals surface area contributed by atoms with E-state index in [0.29, 0.717) is 16.4 Å². The number of aryl methyl sites for hydroxylation is 1. The third kappa shape index (κ3) is 4.87. The molecule has 1 aliphatic heterocycles. The zero-order valence-electron chi connectivity index (χ0n) is 16.1. The number of thiophene rings is 1. The van der Waals surface area contributed by atoms with Crippen LogP contribution in [0.15, 0.2) is 41.8 Å². The van der Waals surface area contributed by atoms with Crippen molar-refractivity contribution in [1.29, 1.82) is 0 Å². The number of hydrogen-bond acceptors (Lipinski definition) is 6. The Labute approximate surface area is 183 Å². The largest absolute Gasteiger partial charge is 0.379 e. The zero-order chi connectivity index (χ0) is 20.2. The molecule has 0 radical (unpaired) electrons. The van der Waals surface area contributed by atoms with E-state index in [9.17, 15) is 4.79 Å². The minimum absolute atomic E-state index is 0.0805. The monoisotopic (exact) mass is 447 g/mol. The van der Waals surface area contributed by atoms with Crippen LogP contribution in [0.25, 0.3) is 10.6 Å². The number of hydrogen-bond donors (Lipinski definition) is 1. The van der Waals surface area contributed by atoms with Gasteiger partial charge in [-0.05, 0) is 30.5 Å². The summed E-state index contributed by atoms with van der Waals surface area (Å²) in [7, 11) is 0. The van der Waals surface area contributed by atoms with Crippen LogP contribution in [0.3, 0.4) is 0 Å². The maximum Gasteiger partial charge on any atom is 0.263 e. The first-order valence-electron chi connectivity index (χ1n) is 9.48. The molecule has 1 N–H and O–H groups in total. The van der Waals surface area contributed by atoms with Gasteiger partial charge in [-0.15, -0.1) is 22.7 Å². The molecule has 3 aromatic rings. The molecule has 0 aliphatic carbocycles. The van der Waals surface area contributed by atoms with Crippen LogP contribution in [-0.2, 0) is 4.74 Å². The molecule has 1 aliphatic rings. The molecule has 1 saturated heterocycles. The molecule has 4 rings (SSSR count). The van der Waals surface area contributed by atoms with E-state index in [2.05, 4.69) is 32.7 Å². The third-order valence-corrected chi connectivity index (χ3v) is 7.30. The van der Waals surface area contributed by atoms with Gasteiger partial charge in [0, 0.05) is 35.1 Å². The van der Waals surface area contributed by atoms with E-state index in [1.165, 1.54) is 16.2 Å². The Hall–Kier alpha value is -1.77. The van der Waals surface area contributed by atoms with Gasteiger partial charge in [-0.1, -0.05) is 29.8 Å². The van der Waals surface area contributed by atoms with Crippen molar-refractivity contribution in [3.63, 3.8) is 0 Å². The third-order valence-electron chi connectivity index (χ3n) is 4.89. The molecule has 0 bridgehead atoms. The van der Waals surface area contributed by atoms with Gasteiger partial charge in [0.15, 0.2) is 0 Å². The van der Waals surface area contributed by atoms with Crippen molar-refractivity contribution in [3.05, 3.63) is 62.2 Å². The average molecular weight is 448 g/mol. The Kier molecular flexibility index (Phi) is 6.62. The van der Waals surface area contributed by atoms with Crippen molar-refractivity contribution in [3.8, 4) is 10.6 Å². The fourth-order valence-corrected chi connectivity index (χ4v) is 5.43. The summed E-state index contributed by atoms with van der Waals surface area (Å²) in [5.74, 6) is -0.0805. The number of carbonyl (C=O) groups is 1. The van der Waals surface area contributed by atoms with Crippen LogP contribution in [0, 0.1) is 6.92 Å². The number of ether oxygens (including phenoxy) is 1. The Bertz CT molecular complexity index is 968. The first-order chi connectivity index (χ1) is 14.1. The van der Waals surface area contributed by atoms with Gasteiger partial charge in [0.1, 0.15) is 9.88 Å². The maximum absolute atomic E-state index is 12.9. The average Bonchev–Trinajstić information content (AvgIpc) is 3.39. The number of morpholine rings is 1. The summed E-state index contributed by atoms with van der Waals surface area (Å²) in [6, 6.07) is 11.9. The van der Waals surface area contributed by atoms with E-state index >= 15 is 0 Å². The van der Waals surface area contributed by atoms with E-state index in [4.69, 9.17) is 16.3 Å². The summed E-state index contributed by atoms with van der Waals surface area (Å²) in [4.78, 5) is 21.8. The highest BCUT2D eigenvalue weighted by atomic mass is 35.5. The lowest BCUT2D eigenvalue weighted by atomic mass is 10.2. The van der Waals surface area contributed by atoms with Crippen LogP contribution in [0.4, 0.5) is 0 Å². The molecule has 2 aromatic heterocycles. The van der Waals surface area contributed by atoms with Gasteiger partial charge < -0.3 is 10.1 Å². The van der Waals surface area contributed by atoms with Gasteiger partial charge in [-0.2, -0.15) is 0 Å². The topological polar surface area (TPSA) is 54.5 Å². The molecular weight excluding hydrogens is 426 g/mol. The number of rotatable bonds is 6. The summed E-state index contributed by atoms with van der Waals surface area (Å²) in [5.41, 5.74) is 1.66. The molecule has 5 nitrogen and oxygen atoms in total.